The number of anilines is 1. The molecular weight excluding hydrogens is 442 g/mol. The summed E-state index contributed by atoms with van der Waals surface area (Å²) < 4.78 is 7.74. The predicted molar refractivity (Wildman–Crippen MR) is 135 cm³/mol. The zero-order valence-corrected chi connectivity index (χ0v) is 19.6. The molecular formula is C27H25N5OS. The highest BCUT2D eigenvalue weighted by atomic mass is 32.2. The Hall–Kier alpha value is -3.60. The molecule has 1 aromatic heterocycles. The zero-order valence-electron chi connectivity index (χ0n) is 18.8. The van der Waals surface area contributed by atoms with Gasteiger partial charge in [-0.1, -0.05) is 84.6 Å². The van der Waals surface area contributed by atoms with Gasteiger partial charge >= 0.3 is 0 Å². The third-order valence-electron chi connectivity index (χ3n) is 5.86. The molecule has 0 radical (unpaired) electrons. The number of nitrogens with zero attached hydrogens (tertiary/aromatic N) is 5. The van der Waals surface area contributed by atoms with Crippen molar-refractivity contribution in [3.63, 3.8) is 0 Å². The Balaban J connectivity index is 1.35. The Morgan fingerprint density at radius 1 is 0.853 bits per heavy atom. The standard InChI is InChI=1S/C27H25N5OS/c28-18-24-8-4-5-9-25(24)23-12-10-22(11-13-23)20-34-27-30-29-26(31-14-16-33-17-15-31)32(27)19-21-6-2-1-3-7-21/h1-13H,14-17,19-20H2. The van der Waals surface area contributed by atoms with Gasteiger partial charge in [-0.15, -0.1) is 10.2 Å². The number of thioether (sulfide) groups is 1. The molecule has 6 nitrogen and oxygen atoms in total. The molecule has 1 aliphatic rings. The molecule has 2 heterocycles. The molecule has 0 N–H and O–H groups in total. The molecule has 1 saturated heterocycles. The lowest BCUT2D eigenvalue weighted by Gasteiger charge is -2.28. The third kappa shape index (κ3) is 4.98. The van der Waals surface area contributed by atoms with Crippen LogP contribution >= 0.6 is 11.8 Å². The summed E-state index contributed by atoms with van der Waals surface area (Å²) >= 11 is 1.69. The normalized spacial score (nSPS) is 13.6. The number of hydrogen-bond acceptors (Lipinski definition) is 6. The Morgan fingerprint density at radius 2 is 1.59 bits per heavy atom. The van der Waals surface area contributed by atoms with Gasteiger partial charge in [-0.2, -0.15) is 5.26 Å². The van der Waals surface area contributed by atoms with Gasteiger partial charge in [-0.25, -0.2) is 0 Å². The van der Waals surface area contributed by atoms with Crippen LogP contribution in [0.15, 0.2) is 84.0 Å². The molecule has 0 amide bonds. The highest BCUT2D eigenvalue weighted by Gasteiger charge is 2.21. The fourth-order valence-electron chi connectivity index (χ4n) is 4.05. The maximum absolute atomic E-state index is 9.39. The fraction of sp³-hybridized carbons (Fsp3) is 0.222. The van der Waals surface area contributed by atoms with Crippen LogP contribution in [0.2, 0.25) is 0 Å². The number of ether oxygens (including phenoxy) is 1. The second-order valence-corrected chi connectivity index (χ2v) is 9.04. The van der Waals surface area contributed by atoms with Crippen molar-refractivity contribution in [2.24, 2.45) is 0 Å². The number of morpholine rings is 1. The van der Waals surface area contributed by atoms with E-state index in [0.717, 1.165) is 47.6 Å². The number of rotatable bonds is 7. The van der Waals surface area contributed by atoms with Crippen molar-refractivity contribution in [1.29, 1.82) is 5.26 Å². The van der Waals surface area contributed by atoms with Gasteiger partial charge in [0.05, 0.1) is 31.4 Å². The molecule has 170 valence electrons. The number of benzene rings is 3. The van der Waals surface area contributed by atoms with E-state index in [4.69, 9.17) is 4.74 Å². The van der Waals surface area contributed by atoms with Crippen molar-refractivity contribution in [2.45, 2.75) is 17.5 Å². The monoisotopic (exact) mass is 467 g/mol. The molecule has 34 heavy (non-hydrogen) atoms. The van der Waals surface area contributed by atoms with E-state index in [1.807, 2.05) is 30.3 Å². The molecule has 0 atom stereocenters. The first-order valence-electron chi connectivity index (χ1n) is 11.3. The molecule has 3 aromatic carbocycles. The quantitative estimate of drug-likeness (QED) is 0.357. The Bertz CT molecular complexity index is 1270. The van der Waals surface area contributed by atoms with Crippen molar-refractivity contribution < 1.29 is 4.74 Å². The molecule has 4 aromatic rings. The lowest BCUT2D eigenvalue weighted by molar-refractivity contribution is 0.121. The first-order chi connectivity index (χ1) is 16.8. The van der Waals surface area contributed by atoms with Gasteiger partial charge in [0.1, 0.15) is 0 Å². The molecule has 7 heteroatoms. The van der Waals surface area contributed by atoms with Gasteiger partial charge in [0.15, 0.2) is 5.16 Å². The van der Waals surface area contributed by atoms with Crippen LogP contribution in [0.4, 0.5) is 5.95 Å². The van der Waals surface area contributed by atoms with Crippen molar-refractivity contribution in [3.05, 3.63) is 95.6 Å². The summed E-state index contributed by atoms with van der Waals surface area (Å²) in [6.07, 6.45) is 0. The molecule has 0 saturated carbocycles. The summed E-state index contributed by atoms with van der Waals surface area (Å²) in [6, 6.07) is 28.8. The van der Waals surface area contributed by atoms with E-state index >= 15 is 0 Å². The molecule has 0 unspecified atom stereocenters. The molecule has 0 spiro atoms. The molecule has 5 rings (SSSR count). The maximum Gasteiger partial charge on any atom is 0.228 e. The van der Waals surface area contributed by atoms with Gasteiger partial charge in [-0.05, 0) is 28.3 Å². The second kappa shape index (κ2) is 10.6. The van der Waals surface area contributed by atoms with Crippen LogP contribution in [-0.4, -0.2) is 41.1 Å². The topological polar surface area (TPSA) is 67.0 Å². The van der Waals surface area contributed by atoms with E-state index in [9.17, 15) is 5.26 Å². The molecule has 1 fully saturated rings. The SMILES string of the molecule is N#Cc1ccccc1-c1ccc(CSc2nnc(N3CCOCC3)n2Cc2ccccc2)cc1. The minimum Gasteiger partial charge on any atom is -0.378 e. The van der Waals surface area contributed by atoms with Gasteiger partial charge in [0.25, 0.3) is 0 Å². The van der Waals surface area contributed by atoms with Crippen LogP contribution in [0.1, 0.15) is 16.7 Å². The second-order valence-electron chi connectivity index (χ2n) is 8.10. The molecule has 0 aliphatic carbocycles. The smallest absolute Gasteiger partial charge is 0.228 e. The molecule has 0 bridgehead atoms. The lowest BCUT2D eigenvalue weighted by Crippen LogP contribution is -2.38. The minimum absolute atomic E-state index is 0.689. The Labute approximate surface area is 203 Å². The van der Waals surface area contributed by atoms with Crippen LogP contribution in [0.5, 0.6) is 0 Å². The van der Waals surface area contributed by atoms with E-state index < -0.39 is 0 Å². The zero-order chi connectivity index (χ0) is 23.2. The highest BCUT2D eigenvalue weighted by Crippen LogP contribution is 2.28. The number of hydrogen-bond donors (Lipinski definition) is 0. The van der Waals surface area contributed by atoms with E-state index in [1.165, 1.54) is 11.1 Å². The van der Waals surface area contributed by atoms with Crippen LogP contribution in [0, 0.1) is 11.3 Å². The van der Waals surface area contributed by atoms with Gasteiger partial charge in [0, 0.05) is 18.8 Å². The van der Waals surface area contributed by atoms with Crippen LogP contribution in [0.25, 0.3) is 11.1 Å². The summed E-state index contributed by atoms with van der Waals surface area (Å²) in [5, 5.41) is 19.4. The van der Waals surface area contributed by atoms with Crippen molar-refractivity contribution in [3.8, 4) is 17.2 Å². The van der Waals surface area contributed by atoms with Crippen molar-refractivity contribution in [1.82, 2.24) is 14.8 Å². The molecule has 1 aliphatic heterocycles. The third-order valence-corrected chi connectivity index (χ3v) is 6.89. The highest BCUT2D eigenvalue weighted by molar-refractivity contribution is 7.98. The van der Waals surface area contributed by atoms with Crippen LogP contribution in [-0.2, 0) is 17.0 Å². The van der Waals surface area contributed by atoms with Gasteiger partial charge in [0.2, 0.25) is 5.95 Å². The van der Waals surface area contributed by atoms with Crippen molar-refractivity contribution in [2.75, 3.05) is 31.2 Å². The average molecular weight is 468 g/mol. The largest absolute Gasteiger partial charge is 0.378 e. The Morgan fingerprint density at radius 3 is 2.35 bits per heavy atom. The summed E-state index contributed by atoms with van der Waals surface area (Å²) in [4.78, 5) is 2.25. The first kappa shape index (κ1) is 22.2. The van der Waals surface area contributed by atoms with E-state index in [1.54, 1.807) is 11.8 Å². The minimum atomic E-state index is 0.689. The summed E-state index contributed by atoms with van der Waals surface area (Å²) in [7, 11) is 0. The fourth-order valence-corrected chi connectivity index (χ4v) is 4.94. The van der Waals surface area contributed by atoms with Gasteiger partial charge in [-0.3, -0.25) is 4.57 Å². The average Bonchev–Trinajstić information content (AvgIpc) is 3.31. The summed E-state index contributed by atoms with van der Waals surface area (Å²) in [5.41, 5.74) is 5.12. The van der Waals surface area contributed by atoms with E-state index in [2.05, 4.69) is 74.3 Å². The lowest BCUT2D eigenvalue weighted by atomic mass is 10.00. The van der Waals surface area contributed by atoms with E-state index in [0.29, 0.717) is 18.8 Å². The van der Waals surface area contributed by atoms with Crippen molar-refractivity contribution >= 4 is 17.7 Å². The first-order valence-corrected chi connectivity index (χ1v) is 12.3. The van der Waals surface area contributed by atoms with Crippen LogP contribution < -0.4 is 4.90 Å². The Kier molecular flexibility index (Phi) is 6.89. The number of nitriles is 1. The van der Waals surface area contributed by atoms with Crippen LogP contribution in [0.3, 0.4) is 0 Å². The summed E-state index contributed by atoms with van der Waals surface area (Å²) in [6.45, 7) is 3.79. The predicted octanol–water partition coefficient (Wildman–Crippen LogP) is 4.99. The summed E-state index contributed by atoms with van der Waals surface area (Å²) in [5.74, 6) is 1.69. The maximum atomic E-state index is 9.39. The van der Waals surface area contributed by atoms with E-state index in [-0.39, 0.29) is 0 Å². The van der Waals surface area contributed by atoms with Gasteiger partial charge < -0.3 is 9.64 Å². The number of aromatic nitrogens is 3.